The third-order valence-corrected chi connectivity index (χ3v) is 1.41. The number of aliphatic carboxylic acids is 1. The molecule has 3 heteroatoms. The maximum atomic E-state index is 10.7. The molecule has 0 fully saturated rings. The van der Waals surface area contributed by atoms with Crippen molar-refractivity contribution in [3.05, 3.63) is 12.7 Å². The number of carboxylic acids is 1. The highest BCUT2D eigenvalue weighted by Gasteiger charge is 2.22. The average molecular weight is 156 g/mol. The molecule has 0 rings (SSSR count). The van der Waals surface area contributed by atoms with E-state index in [9.17, 15) is 9.59 Å². The Morgan fingerprint density at radius 1 is 1.55 bits per heavy atom. The zero-order valence-electron chi connectivity index (χ0n) is 6.76. The van der Waals surface area contributed by atoms with Crippen molar-refractivity contribution in [1.82, 2.24) is 0 Å². The van der Waals surface area contributed by atoms with E-state index in [1.165, 1.54) is 0 Å². The van der Waals surface area contributed by atoms with Crippen LogP contribution in [-0.2, 0) is 9.59 Å². The molecule has 62 valence electrons. The molecule has 0 heterocycles. The van der Waals surface area contributed by atoms with Crippen LogP contribution in [0.3, 0.4) is 0 Å². The first-order chi connectivity index (χ1) is 4.89. The molecule has 0 radical (unpaired) electrons. The van der Waals surface area contributed by atoms with Gasteiger partial charge in [0.15, 0.2) is 0 Å². The summed E-state index contributed by atoms with van der Waals surface area (Å²) >= 11 is 0. The maximum Gasteiger partial charge on any atom is 0.372 e. The van der Waals surface area contributed by atoms with E-state index < -0.39 is 17.2 Å². The molecular weight excluding hydrogens is 144 g/mol. The first-order valence-electron chi connectivity index (χ1n) is 3.29. The third-order valence-electron chi connectivity index (χ3n) is 1.41. The molecule has 0 bridgehead atoms. The van der Waals surface area contributed by atoms with Crippen molar-refractivity contribution in [1.29, 1.82) is 0 Å². The van der Waals surface area contributed by atoms with Crippen molar-refractivity contribution in [2.45, 2.75) is 20.3 Å². The summed E-state index contributed by atoms with van der Waals surface area (Å²) < 4.78 is 0. The summed E-state index contributed by atoms with van der Waals surface area (Å²) in [5.41, 5.74) is -0.421. The summed E-state index contributed by atoms with van der Waals surface area (Å²) in [5, 5.41) is 8.26. The first kappa shape index (κ1) is 9.88. The van der Waals surface area contributed by atoms with Crippen molar-refractivity contribution >= 4 is 11.8 Å². The molecule has 0 atom stereocenters. The fraction of sp³-hybridized carbons (Fsp3) is 0.500. The number of hydrogen-bond donors (Lipinski definition) is 1. The second-order valence-electron chi connectivity index (χ2n) is 3.10. The largest absolute Gasteiger partial charge is 0.476 e. The van der Waals surface area contributed by atoms with Gasteiger partial charge in [0.25, 0.3) is 0 Å². The van der Waals surface area contributed by atoms with Crippen LogP contribution in [0.5, 0.6) is 0 Å². The molecule has 3 nitrogen and oxygen atoms in total. The minimum atomic E-state index is -1.38. The Morgan fingerprint density at radius 2 is 2.00 bits per heavy atom. The van der Waals surface area contributed by atoms with Crippen molar-refractivity contribution in [2.24, 2.45) is 5.41 Å². The van der Waals surface area contributed by atoms with Gasteiger partial charge in [0.2, 0.25) is 5.78 Å². The van der Waals surface area contributed by atoms with Crippen LogP contribution in [0.4, 0.5) is 0 Å². The van der Waals surface area contributed by atoms with Crippen LogP contribution in [0, 0.1) is 5.41 Å². The number of Topliss-reactive ketones (excluding diaryl/α,β-unsaturated/α-hetero) is 1. The Balaban J connectivity index is 4.15. The molecule has 1 N–H and O–H groups in total. The van der Waals surface area contributed by atoms with E-state index in [2.05, 4.69) is 6.58 Å². The summed E-state index contributed by atoms with van der Waals surface area (Å²) in [6, 6.07) is 0. The van der Waals surface area contributed by atoms with Crippen LogP contribution < -0.4 is 0 Å². The first-order valence-corrected chi connectivity index (χ1v) is 3.29. The molecule has 0 aliphatic rings. The number of ketones is 1. The standard InChI is InChI=1S/C8H12O3/c1-4-8(2,3)5-6(9)7(10)11/h4H,1,5H2,2-3H3,(H,10,11). The fourth-order valence-electron chi connectivity index (χ4n) is 0.562. The van der Waals surface area contributed by atoms with E-state index in [1.54, 1.807) is 19.9 Å². The number of rotatable bonds is 4. The number of carboxylic acid groups (broad SMARTS) is 1. The minimum absolute atomic E-state index is 0.00579. The Morgan fingerprint density at radius 3 is 2.27 bits per heavy atom. The smallest absolute Gasteiger partial charge is 0.372 e. The van der Waals surface area contributed by atoms with Gasteiger partial charge in [-0.3, -0.25) is 4.79 Å². The molecule has 0 aliphatic heterocycles. The lowest BCUT2D eigenvalue weighted by Crippen LogP contribution is -2.20. The van der Waals surface area contributed by atoms with Crippen LogP contribution in [-0.4, -0.2) is 16.9 Å². The number of hydrogen-bond acceptors (Lipinski definition) is 2. The number of carbonyl (C=O) groups excluding carboxylic acids is 1. The average Bonchev–Trinajstić information content (AvgIpc) is 1.87. The van der Waals surface area contributed by atoms with E-state index in [-0.39, 0.29) is 6.42 Å². The Kier molecular flexibility index (Phi) is 2.99. The van der Waals surface area contributed by atoms with Crippen LogP contribution in [0.1, 0.15) is 20.3 Å². The highest BCUT2D eigenvalue weighted by Crippen LogP contribution is 2.21. The van der Waals surface area contributed by atoms with Gasteiger partial charge in [-0.25, -0.2) is 4.79 Å². The Bertz CT molecular complexity index is 192. The van der Waals surface area contributed by atoms with E-state index in [0.717, 1.165) is 0 Å². The van der Waals surface area contributed by atoms with Gasteiger partial charge in [0, 0.05) is 6.42 Å². The summed E-state index contributed by atoms with van der Waals surface area (Å²) in [7, 11) is 0. The van der Waals surface area contributed by atoms with E-state index in [1.807, 2.05) is 0 Å². The van der Waals surface area contributed by atoms with Gasteiger partial charge in [-0.2, -0.15) is 0 Å². The lowest BCUT2D eigenvalue weighted by molar-refractivity contribution is -0.149. The molecule has 0 aromatic rings. The lowest BCUT2D eigenvalue weighted by Gasteiger charge is -2.16. The molecule has 0 spiro atoms. The highest BCUT2D eigenvalue weighted by molar-refractivity contribution is 6.32. The molecule has 0 amide bonds. The zero-order valence-corrected chi connectivity index (χ0v) is 6.76. The number of carbonyl (C=O) groups is 2. The van der Waals surface area contributed by atoms with Crippen LogP contribution >= 0.6 is 0 Å². The molecule has 0 aromatic carbocycles. The quantitative estimate of drug-likeness (QED) is 0.492. The number of allylic oxidation sites excluding steroid dienone is 1. The topological polar surface area (TPSA) is 54.4 Å². The molecular formula is C8H12O3. The second-order valence-corrected chi connectivity index (χ2v) is 3.10. The SMILES string of the molecule is C=CC(C)(C)CC(=O)C(=O)O. The highest BCUT2D eigenvalue weighted by atomic mass is 16.4. The minimum Gasteiger partial charge on any atom is -0.476 e. The van der Waals surface area contributed by atoms with E-state index in [4.69, 9.17) is 5.11 Å². The van der Waals surface area contributed by atoms with Gasteiger partial charge < -0.3 is 5.11 Å². The summed E-state index contributed by atoms with van der Waals surface area (Å²) in [6.07, 6.45) is 1.58. The summed E-state index contributed by atoms with van der Waals surface area (Å²) in [6.45, 7) is 7.03. The molecule has 11 heavy (non-hydrogen) atoms. The van der Waals surface area contributed by atoms with Crippen molar-refractivity contribution in [2.75, 3.05) is 0 Å². The van der Waals surface area contributed by atoms with E-state index >= 15 is 0 Å². The van der Waals surface area contributed by atoms with Gasteiger partial charge in [-0.15, -0.1) is 6.58 Å². The second kappa shape index (κ2) is 3.32. The third kappa shape index (κ3) is 3.55. The fourth-order valence-corrected chi connectivity index (χ4v) is 0.562. The lowest BCUT2D eigenvalue weighted by atomic mass is 9.88. The molecule has 0 aliphatic carbocycles. The van der Waals surface area contributed by atoms with Gasteiger partial charge in [0.05, 0.1) is 0 Å². The summed E-state index contributed by atoms with van der Waals surface area (Å²) in [4.78, 5) is 20.8. The molecule has 0 saturated heterocycles. The normalized spacial score (nSPS) is 10.7. The van der Waals surface area contributed by atoms with Gasteiger partial charge >= 0.3 is 5.97 Å². The predicted octanol–water partition coefficient (Wildman–Crippen LogP) is 1.24. The van der Waals surface area contributed by atoms with E-state index in [0.29, 0.717) is 0 Å². The zero-order chi connectivity index (χ0) is 9.07. The van der Waals surface area contributed by atoms with Crippen LogP contribution in [0.15, 0.2) is 12.7 Å². The Hall–Kier alpha value is -1.12. The molecule has 0 aromatic heterocycles. The van der Waals surface area contributed by atoms with Gasteiger partial charge in [0.1, 0.15) is 0 Å². The monoisotopic (exact) mass is 156 g/mol. The van der Waals surface area contributed by atoms with Gasteiger partial charge in [-0.05, 0) is 5.41 Å². The maximum absolute atomic E-state index is 10.7. The van der Waals surface area contributed by atoms with Crippen LogP contribution in [0.2, 0.25) is 0 Å². The van der Waals surface area contributed by atoms with Gasteiger partial charge in [-0.1, -0.05) is 19.9 Å². The summed E-state index contributed by atoms with van der Waals surface area (Å²) in [5.74, 6) is -2.14. The predicted molar refractivity (Wildman–Crippen MR) is 41.2 cm³/mol. The molecule has 0 unspecified atom stereocenters. The van der Waals surface area contributed by atoms with Crippen molar-refractivity contribution in [3.63, 3.8) is 0 Å². The van der Waals surface area contributed by atoms with Crippen molar-refractivity contribution < 1.29 is 14.7 Å². The van der Waals surface area contributed by atoms with Crippen molar-refractivity contribution in [3.8, 4) is 0 Å². The molecule has 0 saturated carbocycles. The Labute approximate surface area is 65.7 Å². The van der Waals surface area contributed by atoms with Crippen LogP contribution in [0.25, 0.3) is 0 Å².